The van der Waals surface area contributed by atoms with Gasteiger partial charge < -0.3 is 15.0 Å². The number of aromatic nitrogens is 3. The van der Waals surface area contributed by atoms with Gasteiger partial charge in [0.1, 0.15) is 11.6 Å². The second-order valence-electron chi connectivity index (χ2n) is 8.62. The Kier molecular flexibility index (Phi) is 6.28. The molecule has 9 heteroatoms. The lowest BCUT2D eigenvalue weighted by molar-refractivity contribution is -0.274. The van der Waals surface area contributed by atoms with Gasteiger partial charge in [-0.1, -0.05) is 12.1 Å². The molecule has 32 heavy (non-hydrogen) atoms. The Morgan fingerprint density at radius 3 is 2.62 bits per heavy atom. The first-order valence-electron chi connectivity index (χ1n) is 10.9. The molecular weight excluding hydrogens is 419 g/mol. The molecule has 3 aromatic rings. The predicted molar refractivity (Wildman–Crippen MR) is 118 cm³/mol. The molecule has 1 aliphatic heterocycles. The number of piperidine rings is 1. The van der Waals surface area contributed by atoms with Gasteiger partial charge in [-0.3, -0.25) is 0 Å². The standard InChI is InChI=1S/C23H28F3N5O/c1-15(2)30-9-7-17(8-10-30)13-28-22-16(3)11-21-27-14-20(31(21)29-22)18-5-4-6-19(12-18)32-23(24,25)26/h4-6,11-12,14-15,17H,7-10,13H2,1-3H3,(H,28,29). The van der Waals surface area contributed by atoms with Gasteiger partial charge in [0.25, 0.3) is 0 Å². The van der Waals surface area contributed by atoms with E-state index in [4.69, 9.17) is 5.10 Å². The molecule has 4 rings (SSSR count). The number of hydrogen-bond donors (Lipinski definition) is 1. The molecule has 6 nitrogen and oxygen atoms in total. The maximum absolute atomic E-state index is 12.6. The van der Waals surface area contributed by atoms with Gasteiger partial charge in [0.2, 0.25) is 0 Å². The van der Waals surface area contributed by atoms with Crippen LogP contribution >= 0.6 is 0 Å². The van der Waals surface area contributed by atoms with Gasteiger partial charge in [0.05, 0.1) is 11.9 Å². The summed E-state index contributed by atoms with van der Waals surface area (Å²) in [5, 5.41) is 8.19. The van der Waals surface area contributed by atoms with Crippen LogP contribution < -0.4 is 10.1 Å². The van der Waals surface area contributed by atoms with Gasteiger partial charge in [-0.05, 0) is 76.4 Å². The average molecular weight is 448 g/mol. The van der Waals surface area contributed by atoms with Gasteiger partial charge in [-0.25, -0.2) is 9.50 Å². The molecule has 1 aromatic carbocycles. The summed E-state index contributed by atoms with van der Waals surface area (Å²) in [6, 6.07) is 8.35. The lowest BCUT2D eigenvalue weighted by atomic mass is 9.96. The summed E-state index contributed by atoms with van der Waals surface area (Å²) in [7, 11) is 0. The Morgan fingerprint density at radius 1 is 1.19 bits per heavy atom. The number of ether oxygens (including phenoxy) is 1. The summed E-state index contributed by atoms with van der Waals surface area (Å²) in [6.45, 7) is 9.49. The van der Waals surface area contributed by atoms with Crippen LogP contribution in [0.4, 0.5) is 19.0 Å². The number of benzene rings is 1. The minimum Gasteiger partial charge on any atom is -0.406 e. The molecule has 0 aliphatic carbocycles. The smallest absolute Gasteiger partial charge is 0.406 e. The Labute approximate surface area is 185 Å². The molecule has 1 fully saturated rings. The molecule has 1 N–H and O–H groups in total. The first-order valence-corrected chi connectivity index (χ1v) is 10.9. The van der Waals surface area contributed by atoms with E-state index in [0.717, 1.165) is 43.9 Å². The van der Waals surface area contributed by atoms with Crippen LogP contribution in [0.2, 0.25) is 0 Å². The van der Waals surface area contributed by atoms with E-state index < -0.39 is 6.36 Å². The number of alkyl halides is 3. The van der Waals surface area contributed by atoms with Gasteiger partial charge in [-0.15, -0.1) is 18.3 Å². The number of likely N-dealkylation sites (tertiary alicyclic amines) is 1. The zero-order chi connectivity index (χ0) is 22.9. The van der Waals surface area contributed by atoms with E-state index in [2.05, 4.69) is 33.8 Å². The van der Waals surface area contributed by atoms with Gasteiger partial charge in [0, 0.05) is 18.2 Å². The molecule has 172 valence electrons. The first kappa shape index (κ1) is 22.4. The fourth-order valence-corrected chi connectivity index (χ4v) is 4.14. The van der Waals surface area contributed by atoms with E-state index in [0.29, 0.717) is 28.9 Å². The summed E-state index contributed by atoms with van der Waals surface area (Å²) in [6.07, 6.45) is -0.834. The molecule has 0 saturated carbocycles. The van der Waals surface area contributed by atoms with Crippen molar-refractivity contribution in [3.8, 4) is 17.0 Å². The van der Waals surface area contributed by atoms with Gasteiger partial charge in [-0.2, -0.15) is 0 Å². The third kappa shape index (κ3) is 5.15. The molecule has 0 bridgehead atoms. The lowest BCUT2D eigenvalue weighted by Crippen LogP contribution is -2.39. The summed E-state index contributed by atoms with van der Waals surface area (Å²) in [4.78, 5) is 6.88. The van der Waals surface area contributed by atoms with Crippen molar-refractivity contribution in [2.45, 2.75) is 46.0 Å². The van der Waals surface area contributed by atoms with E-state index in [-0.39, 0.29) is 5.75 Å². The number of halogens is 3. The van der Waals surface area contributed by atoms with Crippen molar-refractivity contribution in [2.75, 3.05) is 25.0 Å². The van der Waals surface area contributed by atoms with Crippen LogP contribution in [0.5, 0.6) is 5.75 Å². The second-order valence-corrected chi connectivity index (χ2v) is 8.62. The van der Waals surface area contributed by atoms with Crippen molar-refractivity contribution in [1.29, 1.82) is 0 Å². The van der Waals surface area contributed by atoms with Crippen LogP contribution in [0.15, 0.2) is 36.5 Å². The van der Waals surface area contributed by atoms with Gasteiger partial charge in [0.15, 0.2) is 5.65 Å². The summed E-state index contributed by atoms with van der Waals surface area (Å²) >= 11 is 0. The van der Waals surface area contributed by atoms with Gasteiger partial charge >= 0.3 is 6.36 Å². The number of hydrogen-bond acceptors (Lipinski definition) is 5. The largest absolute Gasteiger partial charge is 0.573 e. The van der Waals surface area contributed by atoms with Crippen molar-refractivity contribution in [1.82, 2.24) is 19.5 Å². The van der Waals surface area contributed by atoms with Crippen LogP contribution in [0, 0.1) is 12.8 Å². The van der Waals surface area contributed by atoms with E-state index in [1.54, 1.807) is 16.8 Å². The van der Waals surface area contributed by atoms with E-state index in [1.807, 2.05) is 13.0 Å². The topological polar surface area (TPSA) is 54.7 Å². The summed E-state index contributed by atoms with van der Waals surface area (Å²) in [5.74, 6) is 1.06. The van der Waals surface area contributed by atoms with Crippen molar-refractivity contribution in [3.63, 3.8) is 0 Å². The monoisotopic (exact) mass is 447 g/mol. The van der Waals surface area contributed by atoms with Crippen LogP contribution in [0.25, 0.3) is 16.9 Å². The number of aryl methyl sites for hydroxylation is 1. The van der Waals surface area contributed by atoms with E-state index in [1.165, 1.54) is 18.2 Å². The molecule has 0 atom stereocenters. The van der Waals surface area contributed by atoms with E-state index >= 15 is 0 Å². The summed E-state index contributed by atoms with van der Waals surface area (Å²) < 4.78 is 43.5. The van der Waals surface area contributed by atoms with Crippen LogP contribution in [0.3, 0.4) is 0 Å². The highest BCUT2D eigenvalue weighted by Crippen LogP contribution is 2.29. The Balaban J connectivity index is 1.52. The fourth-order valence-electron chi connectivity index (χ4n) is 4.14. The first-order chi connectivity index (χ1) is 15.2. The average Bonchev–Trinajstić information content (AvgIpc) is 3.14. The van der Waals surface area contributed by atoms with Crippen molar-refractivity contribution in [3.05, 3.63) is 42.1 Å². The molecule has 0 amide bonds. The normalized spacial score (nSPS) is 16.1. The minimum absolute atomic E-state index is 0.275. The molecule has 1 saturated heterocycles. The van der Waals surface area contributed by atoms with Crippen LogP contribution in [-0.4, -0.2) is 51.5 Å². The zero-order valence-electron chi connectivity index (χ0n) is 18.5. The number of nitrogens with zero attached hydrogens (tertiary/aromatic N) is 4. The maximum atomic E-state index is 12.6. The van der Waals surface area contributed by atoms with Crippen LogP contribution in [-0.2, 0) is 0 Å². The molecular formula is C23H28F3N5O. The van der Waals surface area contributed by atoms with E-state index in [9.17, 15) is 13.2 Å². The fraction of sp³-hybridized carbons (Fsp3) is 0.478. The van der Waals surface area contributed by atoms with Crippen LogP contribution in [0.1, 0.15) is 32.3 Å². The molecule has 0 spiro atoms. The maximum Gasteiger partial charge on any atom is 0.573 e. The van der Waals surface area contributed by atoms with Crippen molar-refractivity contribution >= 4 is 11.5 Å². The molecule has 0 radical (unpaired) electrons. The predicted octanol–water partition coefficient (Wildman–Crippen LogP) is 5.14. The highest BCUT2D eigenvalue weighted by Gasteiger charge is 2.31. The quantitative estimate of drug-likeness (QED) is 0.567. The Morgan fingerprint density at radius 2 is 1.94 bits per heavy atom. The Hall–Kier alpha value is -2.81. The number of fused-ring (bicyclic) bond motifs is 1. The molecule has 2 aromatic heterocycles. The van der Waals surface area contributed by atoms with Crippen molar-refractivity contribution < 1.29 is 17.9 Å². The lowest BCUT2D eigenvalue weighted by Gasteiger charge is -2.34. The highest BCUT2D eigenvalue weighted by atomic mass is 19.4. The number of anilines is 1. The molecule has 1 aliphatic rings. The molecule has 3 heterocycles. The number of imidazole rings is 1. The number of nitrogens with one attached hydrogen (secondary N) is 1. The summed E-state index contributed by atoms with van der Waals surface area (Å²) in [5.41, 5.74) is 2.75. The third-order valence-corrected chi connectivity index (χ3v) is 5.98. The SMILES string of the molecule is Cc1cc2ncc(-c3cccc(OC(F)(F)F)c3)n2nc1NCC1CCN(C(C)C)CC1. The Bertz CT molecular complexity index is 1070. The zero-order valence-corrected chi connectivity index (χ0v) is 18.5. The van der Waals surface area contributed by atoms with Crippen molar-refractivity contribution in [2.24, 2.45) is 5.92 Å². The third-order valence-electron chi connectivity index (χ3n) is 5.98. The molecule has 0 unspecified atom stereocenters. The second kappa shape index (κ2) is 8.97. The minimum atomic E-state index is -4.74. The highest BCUT2D eigenvalue weighted by molar-refractivity contribution is 5.66. The number of rotatable bonds is 6.